The Morgan fingerprint density at radius 1 is 1.36 bits per heavy atom. The Labute approximate surface area is 139 Å². The topological polar surface area (TPSA) is 40.6 Å². The minimum Gasteiger partial charge on any atom is -0.343 e. The zero-order valence-corrected chi connectivity index (χ0v) is 14.5. The minimum absolute atomic E-state index is 0.197. The molecule has 3 heterocycles. The van der Waals surface area contributed by atoms with Crippen molar-refractivity contribution in [2.75, 3.05) is 25.4 Å². The number of piperidine rings is 1. The van der Waals surface area contributed by atoms with Gasteiger partial charge in [-0.2, -0.15) is 0 Å². The summed E-state index contributed by atoms with van der Waals surface area (Å²) in [6.07, 6.45) is 2.61. The van der Waals surface area contributed by atoms with Gasteiger partial charge in [0.15, 0.2) is 0 Å². The lowest BCUT2D eigenvalue weighted by molar-refractivity contribution is -0.133. The van der Waals surface area contributed by atoms with Gasteiger partial charge in [0.2, 0.25) is 11.8 Å². The van der Waals surface area contributed by atoms with Gasteiger partial charge in [0.1, 0.15) is 5.37 Å². The molecule has 120 valence electrons. The molecule has 0 aromatic carbocycles. The van der Waals surface area contributed by atoms with Crippen molar-refractivity contribution >= 4 is 34.9 Å². The second kappa shape index (κ2) is 7.04. The van der Waals surface area contributed by atoms with Gasteiger partial charge in [-0.15, -0.1) is 23.1 Å². The van der Waals surface area contributed by atoms with Crippen LogP contribution in [0.2, 0.25) is 0 Å². The number of thiophene rings is 1. The normalized spacial score (nSPS) is 23.3. The van der Waals surface area contributed by atoms with Crippen molar-refractivity contribution in [3.63, 3.8) is 0 Å². The van der Waals surface area contributed by atoms with Crippen molar-refractivity contribution in [2.45, 2.75) is 31.6 Å². The molecule has 2 aliphatic rings. The van der Waals surface area contributed by atoms with Gasteiger partial charge >= 0.3 is 0 Å². The Morgan fingerprint density at radius 2 is 2.14 bits per heavy atom. The van der Waals surface area contributed by atoms with E-state index in [1.165, 1.54) is 4.88 Å². The second-order valence-electron chi connectivity index (χ2n) is 5.90. The Morgan fingerprint density at radius 3 is 2.77 bits per heavy atom. The molecule has 1 aromatic heterocycles. The van der Waals surface area contributed by atoms with Gasteiger partial charge in [0.25, 0.3) is 0 Å². The summed E-state index contributed by atoms with van der Waals surface area (Å²) < 4.78 is 0. The molecule has 2 amide bonds. The highest BCUT2D eigenvalue weighted by Crippen LogP contribution is 2.41. The minimum atomic E-state index is 0.197. The van der Waals surface area contributed by atoms with E-state index in [4.69, 9.17) is 0 Å². The molecule has 0 saturated carbocycles. The Bertz CT molecular complexity index is 524. The van der Waals surface area contributed by atoms with Crippen LogP contribution in [0.25, 0.3) is 0 Å². The Kier molecular flexibility index (Phi) is 5.08. The van der Waals surface area contributed by atoms with E-state index in [2.05, 4.69) is 22.4 Å². The van der Waals surface area contributed by atoms with Gasteiger partial charge in [-0.25, -0.2) is 0 Å². The monoisotopic (exact) mass is 338 g/mol. The first kappa shape index (κ1) is 15.9. The third kappa shape index (κ3) is 3.33. The van der Waals surface area contributed by atoms with E-state index in [9.17, 15) is 9.59 Å². The van der Waals surface area contributed by atoms with Crippen molar-refractivity contribution in [2.24, 2.45) is 5.92 Å². The molecule has 0 unspecified atom stereocenters. The van der Waals surface area contributed by atoms with E-state index in [0.717, 1.165) is 32.5 Å². The first-order chi connectivity index (χ1) is 10.7. The number of thioether (sulfide) groups is 1. The van der Waals surface area contributed by atoms with Gasteiger partial charge in [-0.3, -0.25) is 9.59 Å². The number of likely N-dealkylation sites (tertiary alicyclic amines) is 1. The molecular formula is C16H22N2O2S2. The average Bonchev–Trinajstić information content (AvgIpc) is 3.18. The predicted octanol–water partition coefficient (Wildman–Crippen LogP) is 2.97. The molecule has 2 aliphatic heterocycles. The summed E-state index contributed by atoms with van der Waals surface area (Å²) in [6, 6.07) is 4.17. The van der Waals surface area contributed by atoms with Crippen LogP contribution in [0.1, 0.15) is 36.4 Å². The Balaban J connectivity index is 1.58. The fraction of sp³-hybridized carbons (Fsp3) is 0.625. The summed E-state index contributed by atoms with van der Waals surface area (Å²) in [4.78, 5) is 29.2. The maximum absolute atomic E-state index is 12.2. The zero-order chi connectivity index (χ0) is 15.5. The average molecular weight is 338 g/mol. The van der Waals surface area contributed by atoms with Crippen molar-refractivity contribution in [1.82, 2.24) is 9.80 Å². The molecule has 0 radical (unpaired) electrons. The van der Waals surface area contributed by atoms with Crippen molar-refractivity contribution in [3.8, 4) is 0 Å². The number of rotatable bonds is 4. The third-order valence-corrected chi connectivity index (χ3v) is 6.79. The second-order valence-corrected chi connectivity index (χ2v) is 7.95. The van der Waals surface area contributed by atoms with Gasteiger partial charge in [0, 0.05) is 30.9 Å². The highest BCUT2D eigenvalue weighted by Gasteiger charge is 2.35. The summed E-state index contributed by atoms with van der Waals surface area (Å²) in [6.45, 7) is 4.44. The molecule has 1 aromatic rings. The summed E-state index contributed by atoms with van der Waals surface area (Å²) in [5.74, 6) is 1.62. The van der Waals surface area contributed by atoms with Crippen molar-refractivity contribution in [3.05, 3.63) is 22.4 Å². The van der Waals surface area contributed by atoms with Crippen LogP contribution in [-0.2, 0) is 9.59 Å². The van der Waals surface area contributed by atoms with Crippen LogP contribution in [0.3, 0.4) is 0 Å². The standard InChI is InChI=1S/C16H22N2O2S2/c1-2-14(19)17-7-5-12(6-8-17)10-18-15(20)11-22-16(18)13-4-3-9-21-13/h3-4,9,12,16H,2,5-8,10-11H2,1H3/t16-/m1/s1. The molecule has 1 atom stereocenters. The van der Waals surface area contributed by atoms with E-state index in [0.29, 0.717) is 18.1 Å². The molecule has 2 fully saturated rings. The first-order valence-electron chi connectivity index (χ1n) is 7.91. The maximum atomic E-state index is 12.2. The highest BCUT2D eigenvalue weighted by atomic mass is 32.2. The van der Waals surface area contributed by atoms with Crippen LogP contribution in [0.4, 0.5) is 0 Å². The van der Waals surface area contributed by atoms with Gasteiger partial charge < -0.3 is 9.80 Å². The fourth-order valence-electron chi connectivity index (χ4n) is 3.19. The lowest BCUT2D eigenvalue weighted by Crippen LogP contribution is -2.42. The quantitative estimate of drug-likeness (QED) is 0.847. The summed E-state index contributed by atoms with van der Waals surface area (Å²) in [5.41, 5.74) is 0. The van der Waals surface area contributed by atoms with E-state index in [1.54, 1.807) is 23.1 Å². The molecule has 3 rings (SSSR count). The number of amides is 2. The number of nitrogens with zero attached hydrogens (tertiary/aromatic N) is 2. The van der Waals surface area contributed by atoms with Crippen LogP contribution in [0.15, 0.2) is 17.5 Å². The lowest BCUT2D eigenvalue weighted by Gasteiger charge is -2.35. The van der Waals surface area contributed by atoms with E-state index in [1.807, 2.05) is 11.8 Å². The summed E-state index contributed by atoms with van der Waals surface area (Å²) in [5, 5.41) is 2.27. The number of carbonyl (C=O) groups excluding carboxylic acids is 2. The van der Waals surface area contributed by atoms with Crippen LogP contribution in [0, 0.1) is 5.92 Å². The Hall–Kier alpha value is -1.01. The largest absolute Gasteiger partial charge is 0.343 e. The van der Waals surface area contributed by atoms with E-state index >= 15 is 0 Å². The predicted molar refractivity (Wildman–Crippen MR) is 90.8 cm³/mol. The van der Waals surface area contributed by atoms with Crippen LogP contribution < -0.4 is 0 Å². The smallest absolute Gasteiger partial charge is 0.233 e. The molecule has 0 spiro atoms. The van der Waals surface area contributed by atoms with Gasteiger partial charge in [0.05, 0.1) is 5.75 Å². The molecular weight excluding hydrogens is 316 g/mol. The van der Waals surface area contributed by atoms with E-state index < -0.39 is 0 Å². The summed E-state index contributed by atoms with van der Waals surface area (Å²) in [7, 11) is 0. The van der Waals surface area contributed by atoms with Crippen LogP contribution >= 0.6 is 23.1 Å². The molecule has 4 nitrogen and oxygen atoms in total. The molecule has 0 N–H and O–H groups in total. The number of carbonyl (C=O) groups is 2. The summed E-state index contributed by atoms with van der Waals surface area (Å²) >= 11 is 3.46. The first-order valence-corrected chi connectivity index (χ1v) is 9.84. The molecule has 2 saturated heterocycles. The van der Waals surface area contributed by atoms with Crippen molar-refractivity contribution < 1.29 is 9.59 Å². The molecule has 22 heavy (non-hydrogen) atoms. The molecule has 6 heteroatoms. The lowest BCUT2D eigenvalue weighted by atomic mass is 9.96. The van der Waals surface area contributed by atoms with Gasteiger partial charge in [-0.1, -0.05) is 13.0 Å². The van der Waals surface area contributed by atoms with E-state index in [-0.39, 0.29) is 17.2 Å². The maximum Gasteiger partial charge on any atom is 0.233 e. The van der Waals surface area contributed by atoms with Crippen molar-refractivity contribution in [1.29, 1.82) is 0 Å². The SMILES string of the molecule is CCC(=O)N1CCC(CN2C(=O)CS[C@@H]2c2cccs2)CC1. The third-order valence-electron chi connectivity index (χ3n) is 4.48. The van der Waals surface area contributed by atoms with Crippen LogP contribution in [-0.4, -0.2) is 47.0 Å². The van der Waals surface area contributed by atoms with Crippen LogP contribution in [0.5, 0.6) is 0 Å². The number of hydrogen-bond donors (Lipinski definition) is 0. The fourth-order valence-corrected chi connectivity index (χ4v) is 5.36. The zero-order valence-electron chi connectivity index (χ0n) is 12.9. The molecule has 0 aliphatic carbocycles. The number of hydrogen-bond acceptors (Lipinski definition) is 4. The highest BCUT2D eigenvalue weighted by molar-refractivity contribution is 8.00. The molecule has 0 bridgehead atoms. The van der Waals surface area contributed by atoms with Gasteiger partial charge in [-0.05, 0) is 30.2 Å².